The maximum Gasteiger partial charge on any atom is 0.319 e. The van der Waals surface area contributed by atoms with Crippen molar-refractivity contribution in [1.29, 1.82) is 0 Å². The van der Waals surface area contributed by atoms with E-state index in [1.54, 1.807) is 6.07 Å². The van der Waals surface area contributed by atoms with E-state index in [4.69, 9.17) is 4.74 Å². The van der Waals surface area contributed by atoms with Gasteiger partial charge in [0.25, 0.3) is 0 Å². The van der Waals surface area contributed by atoms with Gasteiger partial charge < -0.3 is 15.4 Å². The first-order chi connectivity index (χ1) is 10.2. The van der Waals surface area contributed by atoms with Crippen LogP contribution in [-0.2, 0) is 6.42 Å². The van der Waals surface area contributed by atoms with Gasteiger partial charge >= 0.3 is 6.03 Å². The van der Waals surface area contributed by atoms with Crippen molar-refractivity contribution >= 4 is 11.7 Å². The molecule has 0 aromatic heterocycles. The minimum Gasteiger partial charge on any atom is -0.494 e. The number of hydrogen-bond donors (Lipinski definition) is 2. The normalized spacial score (nSPS) is 10.0. The molecule has 0 aliphatic heterocycles. The number of rotatable bonds is 5. The van der Waals surface area contributed by atoms with Crippen molar-refractivity contribution in [2.24, 2.45) is 0 Å². The number of halogens is 1. The van der Waals surface area contributed by atoms with Crippen LogP contribution in [0.3, 0.4) is 0 Å². The van der Waals surface area contributed by atoms with Crippen molar-refractivity contribution in [3.05, 3.63) is 59.9 Å². The molecule has 110 valence electrons. The molecule has 0 aliphatic rings. The number of amides is 2. The van der Waals surface area contributed by atoms with Crippen LogP contribution in [0.2, 0.25) is 0 Å². The van der Waals surface area contributed by atoms with Crippen molar-refractivity contribution in [1.82, 2.24) is 5.32 Å². The molecule has 0 fully saturated rings. The second-order valence-corrected chi connectivity index (χ2v) is 4.47. The van der Waals surface area contributed by atoms with Crippen molar-refractivity contribution < 1.29 is 13.9 Å². The fourth-order valence-corrected chi connectivity index (χ4v) is 1.88. The first-order valence-electron chi connectivity index (χ1n) is 6.61. The van der Waals surface area contributed by atoms with E-state index in [-0.39, 0.29) is 11.8 Å². The van der Waals surface area contributed by atoms with Crippen molar-refractivity contribution in [2.45, 2.75) is 6.42 Å². The van der Waals surface area contributed by atoms with E-state index < -0.39 is 5.82 Å². The van der Waals surface area contributed by atoms with E-state index in [0.29, 0.717) is 12.2 Å². The third kappa shape index (κ3) is 4.49. The van der Waals surface area contributed by atoms with Gasteiger partial charge in [0.1, 0.15) is 0 Å². The molecule has 2 aromatic carbocycles. The number of methoxy groups -OCH3 is 1. The molecule has 0 unspecified atom stereocenters. The topological polar surface area (TPSA) is 50.4 Å². The highest BCUT2D eigenvalue weighted by Gasteiger charge is 2.06. The van der Waals surface area contributed by atoms with Crippen LogP contribution in [0.1, 0.15) is 5.56 Å². The molecule has 5 heteroatoms. The molecule has 0 radical (unpaired) electrons. The zero-order chi connectivity index (χ0) is 15.1. The van der Waals surface area contributed by atoms with Crippen LogP contribution < -0.4 is 15.4 Å². The lowest BCUT2D eigenvalue weighted by Crippen LogP contribution is -2.30. The Morgan fingerprint density at radius 2 is 1.95 bits per heavy atom. The Balaban J connectivity index is 1.80. The van der Waals surface area contributed by atoms with E-state index in [9.17, 15) is 9.18 Å². The minimum absolute atomic E-state index is 0.144. The summed E-state index contributed by atoms with van der Waals surface area (Å²) in [7, 11) is 1.39. The number of urea groups is 1. The summed E-state index contributed by atoms with van der Waals surface area (Å²) in [5.41, 5.74) is 1.53. The maximum absolute atomic E-state index is 13.5. The predicted octanol–water partition coefficient (Wildman–Crippen LogP) is 3.20. The Labute approximate surface area is 122 Å². The third-order valence-electron chi connectivity index (χ3n) is 2.95. The van der Waals surface area contributed by atoms with Gasteiger partial charge in [0.2, 0.25) is 0 Å². The average Bonchev–Trinajstić information content (AvgIpc) is 2.48. The highest BCUT2D eigenvalue weighted by molar-refractivity contribution is 5.89. The first kappa shape index (κ1) is 14.8. The lowest BCUT2D eigenvalue weighted by atomic mass is 10.1. The molecule has 4 nitrogen and oxygen atoms in total. The van der Waals surface area contributed by atoms with Crippen molar-refractivity contribution in [2.75, 3.05) is 19.0 Å². The Morgan fingerprint density at radius 3 is 2.62 bits per heavy atom. The third-order valence-corrected chi connectivity index (χ3v) is 2.95. The van der Waals surface area contributed by atoms with Crippen LogP contribution in [0.15, 0.2) is 48.5 Å². The molecular weight excluding hydrogens is 271 g/mol. The minimum atomic E-state index is -0.514. The van der Waals surface area contributed by atoms with Gasteiger partial charge in [-0.15, -0.1) is 0 Å². The van der Waals surface area contributed by atoms with Crippen LogP contribution >= 0.6 is 0 Å². The monoisotopic (exact) mass is 288 g/mol. The molecule has 0 aliphatic carbocycles. The number of carbonyl (C=O) groups excluding carboxylic acids is 1. The fraction of sp³-hybridized carbons (Fsp3) is 0.188. The summed E-state index contributed by atoms with van der Waals surface area (Å²) in [6.07, 6.45) is 0.741. The van der Waals surface area contributed by atoms with Gasteiger partial charge in [0.05, 0.1) is 7.11 Å². The van der Waals surface area contributed by atoms with E-state index in [1.165, 1.54) is 19.2 Å². The van der Waals surface area contributed by atoms with E-state index >= 15 is 0 Å². The lowest BCUT2D eigenvalue weighted by Gasteiger charge is -2.09. The van der Waals surface area contributed by atoms with Crippen LogP contribution in [-0.4, -0.2) is 19.7 Å². The molecule has 0 heterocycles. The van der Waals surface area contributed by atoms with E-state index in [1.807, 2.05) is 30.3 Å². The summed E-state index contributed by atoms with van der Waals surface area (Å²) >= 11 is 0. The van der Waals surface area contributed by atoms with Crippen LogP contribution in [0.5, 0.6) is 5.75 Å². The number of nitrogens with one attached hydrogen (secondary N) is 2. The number of carbonyl (C=O) groups is 1. The summed E-state index contributed by atoms with van der Waals surface area (Å²) in [6, 6.07) is 13.8. The van der Waals surface area contributed by atoms with Crippen molar-refractivity contribution in [3.63, 3.8) is 0 Å². The molecule has 0 bridgehead atoms. The molecule has 0 atom stereocenters. The Morgan fingerprint density at radius 1 is 1.19 bits per heavy atom. The first-order valence-corrected chi connectivity index (χ1v) is 6.61. The van der Waals surface area contributed by atoms with Crippen LogP contribution in [0.4, 0.5) is 14.9 Å². The molecule has 21 heavy (non-hydrogen) atoms. The molecule has 2 aromatic rings. The van der Waals surface area contributed by atoms with Gasteiger partial charge in [-0.1, -0.05) is 30.3 Å². The summed E-state index contributed by atoms with van der Waals surface area (Å²) in [6.45, 7) is 0.508. The molecule has 0 spiro atoms. The van der Waals surface area contributed by atoms with Gasteiger partial charge in [-0.05, 0) is 24.1 Å². The summed E-state index contributed by atoms with van der Waals surface area (Å²) in [4.78, 5) is 11.7. The molecule has 0 saturated heterocycles. The summed E-state index contributed by atoms with van der Waals surface area (Å²) in [5, 5.41) is 5.30. The zero-order valence-corrected chi connectivity index (χ0v) is 11.7. The standard InChI is InChI=1S/C16H17FN2O2/c1-21-15-8-7-13(11-14(15)17)19-16(20)18-10-9-12-5-3-2-4-6-12/h2-8,11H,9-10H2,1H3,(H2,18,19,20). The number of ether oxygens (including phenoxy) is 1. The molecule has 2 N–H and O–H groups in total. The highest BCUT2D eigenvalue weighted by atomic mass is 19.1. The smallest absolute Gasteiger partial charge is 0.319 e. The quantitative estimate of drug-likeness (QED) is 0.887. The van der Waals surface area contributed by atoms with E-state index in [2.05, 4.69) is 10.6 Å². The molecule has 2 amide bonds. The number of benzene rings is 2. The zero-order valence-electron chi connectivity index (χ0n) is 11.7. The predicted molar refractivity (Wildman–Crippen MR) is 80.1 cm³/mol. The second-order valence-electron chi connectivity index (χ2n) is 4.47. The van der Waals surface area contributed by atoms with Gasteiger partial charge in [-0.2, -0.15) is 0 Å². The van der Waals surface area contributed by atoms with Crippen molar-refractivity contribution in [3.8, 4) is 5.75 Å². The van der Waals surface area contributed by atoms with Crippen LogP contribution in [0, 0.1) is 5.82 Å². The fourth-order valence-electron chi connectivity index (χ4n) is 1.88. The maximum atomic E-state index is 13.5. The van der Waals surface area contributed by atoms with Gasteiger partial charge in [-0.25, -0.2) is 9.18 Å². The number of hydrogen-bond acceptors (Lipinski definition) is 2. The van der Waals surface area contributed by atoms with E-state index in [0.717, 1.165) is 12.0 Å². The molecule has 0 saturated carbocycles. The Bertz CT molecular complexity index is 602. The lowest BCUT2D eigenvalue weighted by molar-refractivity contribution is 0.252. The summed E-state index contributed by atoms with van der Waals surface area (Å²) in [5.74, 6) is -0.371. The number of anilines is 1. The molecular formula is C16H17FN2O2. The highest BCUT2D eigenvalue weighted by Crippen LogP contribution is 2.20. The second kappa shape index (κ2) is 7.28. The molecule has 2 rings (SSSR count). The largest absolute Gasteiger partial charge is 0.494 e. The van der Waals surface area contributed by atoms with Gasteiger partial charge in [0, 0.05) is 18.3 Å². The average molecular weight is 288 g/mol. The Kier molecular flexibility index (Phi) is 5.15. The van der Waals surface area contributed by atoms with Crippen LogP contribution in [0.25, 0.3) is 0 Å². The van der Waals surface area contributed by atoms with Gasteiger partial charge in [0.15, 0.2) is 11.6 Å². The SMILES string of the molecule is COc1ccc(NC(=O)NCCc2ccccc2)cc1F. The Hall–Kier alpha value is -2.56. The summed E-state index contributed by atoms with van der Waals surface area (Å²) < 4.78 is 18.3. The van der Waals surface area contributed by atoms with Gasteiger partial charge in [-0.3, -0.25) is 0 Å².